The first-order valence-corrected chi connectivity index (χ1v) is 5.35. The van der Waals surface area contributed by atoms with Crippen LogP contribution in [0.5, 0.6) is 0 Å². The second kappa shape index (κ2) is 5.04. The Hall–Kier alpha value is -1.21. The molecule has 0 N–H and O–H groups in total. The first-order valence-electron chi connectivity index (χ1n) is 3.74. The summed E-state index contributed by atoms with van der Waals surface area (Å²) in [7, 11) is 1.24. The Morgan fingerprint density at radius 2 is 2.40 bits per heavy atom. The summed E-state index contributed by atoms with van der Waals surface area (Å²) in [5.74, 6) is -0.549. The maximum atomic E-state index is 10.8. The zero-order valence-corrected chi connectivity index (χ0v) is 10.0. The van der Waals surface area contributed by atoms with Gasteiger partial charge in [0.25, 0.3) is 0 Å². The second-order valence-corrected chi connectivity index (χ2v) is 4.83. The molecule has 1 heterocycles. The summed E-state index contributed by atoms with van der Waals surface area (Å²) in [5, 5.41) is 10.6. The van der Waals surface area contributed by atoms with Crippen LogP contribution < -0.4 is 0 Å². The van der Waals surface area contributed by atoms with Crippen LogP contribution in [0.25, 0.3) is 6.08 Å². The summed E-state index contributed by atoms with van der Waals surface area (Å²) in [4.78, 5) is 20.9. The minimum absolute atomic E-state index is 0.0120. The third-order valence-corrected chi connectivity index (χ3v) is 3.08. The van der Waals surface area contributed by atoms with Crippen molar-refractivity contribution in [2.24, 2.45) is 0 Å². The minimum Gasteiger partial charge on any atom is -0.466 e. The third-order valence-electron chi connectivity index (χ3n) is 1.48. The molecule has 7 heteroatoms. The molecule has 0 aliphatic rings. The molecule has 1 aromatic heterocycles. The molecule has 0 aliphatic carbocycles. The molecule has 15 heavy (non-hydrogen) atoms. The average molecular weight is 292 g/mol. The van der Waals surface area contributed by atoms with E-state index in [1.807, 2.05) is 0 Å². The highest BCUT2D eigenvalue weighted by Crippen LogP contribution is 2.34. The maximum absolute atomic E-state index is 10.8. The predicted octanol–water partition coefficient (Wildman–Crippen LogP) is 2.61. The van der Waals surface area contributed by atoms with E-state index >= 15 is 0 Å². The van der Waals surface area contributed by atoms with Gasteiger partial charge >= 0.3 is 11.0 Å². The molecule has 0 saturated heterocycles. The molecule has 1 aromatic rings. The fourth-order valence-electron chi connectivity index (χ4n) is 0.853. The number of nitro groups is 1. The van der Waals surface area contributed by atoms with E-state index in [2.05, 4.69) is 20.7 Å². The lowest BCUT2D eigenvalue weighted by molar-refractivity contribution is -0.380. The van der Waals surface area contributed by atoms with Crippen molar-refractivity contribution in [1.82, 2.24) is 0 Å². The van der Waals surface area contributed by atoms with Crippen LogP contribution in [0.1, 0.15) is 5.56 Å². The monoisotopic (exact) mass is 291 g/mol. The summed E-state index contributed by atoms with van der Waals surface area (Å²) in [6.45, 7) is 0. The van der Waals surface area contributed by atoms with Gasteiger partial charge in [-0.1, -0.05) is 11.3 Å². The van der Waals surface area contributed by atoms with Crippen molar-refractivity contribution in [3.05, 3.63) is 31.6 Å². The molecule has 0 bridgehead atoms. The molecule has 0 aliphatic heterocycles. The summed E-state index contributed by atoms with van der Waals surface area (Å²) in [6.07, 6.45) is 2.49. The van der Waals surface area contributed by atoms with Crippen molar-refractivity contribution < 1.29 is 14.5 Å². The van der Waals surface area contributed by atoms with Crippen LogP contribution in [0.15, 0.2) is 15.9 Å². The Bertz CT molecular complexity index is 426. The summed E-state index contributed by atoms with van der Waals surface area (Å²) in [6, 6.07) is 1.57. The SMILES string of the molecule is COC(=O)/C=C/c1cc(Br)sc1[N+](=O)[O-]. The molecule has 80 valence electrons. The van der Waals surface area contributed by atoms with Crippen LogP contribution in [0.2, 0.25) is 0 Å². The van der Waals surface area contributed by atoms with Crippen molar-refractivity contribution >= 4 is 44.3 Å². The lowest BCUT2D eigenvalue weighted by atomic mass is 10.3. The van der Waals surface area contributed by atoms with Gasteiger partial charge in [-0.15, -0.1) is 0 Å². The number of carbonyl (C=O) groups excluding carboxylic acids is 1. The van der Waals surface area contributed by atoms with Gasteiger partial charge in [0.15, 0.2) is 0 Å². The number of halogens is 1. The predicted molar refractivity (Wildman–Crippen MR) is 59.7 cm³/mol. The molecule has 5 nitrogen and oxygen atoms in total. The quantitative estimate of drug-likeness (QED) is 0.371. The Labute approximate surface area is 97.6 Å². The fraction of sp³-hybridized carbons (Fsp3) is 0.125. The molecule has 0 saturated carbocycles. The van der Waals surface area contributed by atoms with Crippen molar-refractivity contribution in [2.75, 3.05) is 7.11 Å². The maximum Gasteiger partial charge on any atom is 0.332 e. The minimum atomic E-state index is -0.549. The zero-order valence-electron chi connectivity index (χ0n) is 7.60. The molecule has 0 atom stereocenters. The van der Waals surface area contributed by atoms with Crippen LogP contribution in [0.4, 0.5) is 5.00 Å². The smallest absolute Gasteiger partial charge is 0.332 e. The summed E-state index contributed by atoms with van der Waals surface area (Å²) >= 11 is 4.14. The number of rotatable bonds is 3. The lowest BCUT2D eigenvalue weighted by Gasteiger charge is -1.89. The van der Waals surface area contributed by atoms with Gasteiger partial charge in [-0.2, -0.15) is 0 Å². The molecular weight excluding hydrogens is 286 g/mol. The molecule has 0 radical (unpaired) electrons. The summed E-state index contributed by atoms with van der Waals surface area (Å²) in [5.41, 5.74) is 0.377. The van der Waals surface area contributed by atoms with Gasteiger partial charge in [0, 0.05) is 6.08 Å². The number of carbonyl (C=O) groups is 1. The van der Waals surface area contributed by atoms with Crippen molar-refractivity contribution in [3.63, 3.8) is 0 Å². The molecule has 0 fully saturated rings. The van der Waals surface area contributed by atoms with E-state index in [0.717, 1.165) is 17.4 Å². The van der Waals surface area contributed by atoms with Gasteiger partial charge in [-0.25, -0.2) is 4.79 Å². The standard InChI is InChI=1S/C8H6BrNO4S/c1-14-7(11)3-2-5-4-6(9)15-8(5)10(12)13/h2-4H,1H3/b3-2+. The van der Waals surface area contributed by atoms with Crippen molar-refractivity contribution in [3.8, 4) is 0 Å². The molecule has 1 rings (SSSR count). The number of nitrogens with zero attached hydrogens (tertiary/aromatic N) is 1. The van der Waals surface area contributed by atoms with E-state index in [-0.39, 0.29) is 5.00 Å². The number of ether oxygens (including phenoxy) is 1. The van der Waals surface area contributed by atoms with E-state index in [9.17, 15) is 14.9 Å². The Morgan fingerprint density at radius 1 is 1.73 bits per heavy atom. The van der Waals surface area contributed by atoms with E-state index < -0.39 is 10.9 Å². The zero-order chi connectivity index (χ0) is 11.4. The summed E-state index contributed by atoms with van der Waals surface area (Å²) < 4.78 is 5.01. The van der Waals surface area contributed by atoms with Gasteiger partial charge in [-0.05, 0) is 28.1 Å². The normalized spacial score (nSPS) is 10.5. The number of thiophene rings is 1. The van der Waals surface area contributed by atoms with E-state index in [1.165, 1.54) is 13.2 Å². The van der Waals surface area contributed by atoms with E-state index in [4.69, 9.17) is 0 Å². The highest BCUT2D eigenvalue weighted by molar-refractivity contribution is 9.11. The molecular formula is C8H6BrNO4S. The Balaban J connectivity index is 2.98. The van der Waals surface area contributed by atoms with Crippen LogP contribution in [-0.2, 0) is 9.53 Å². The average Bonchev–Trinajstić information content (AvgIpc) is 2.56. The molecule has 0 spiro atoms. The number of esters is 1. The van der Waals surface area contributed by atoms with Gasteiger partial charge < -0.3 is 4.74 Å². The molecule has 0 aromatic carbocycles. The van der Waals surface area contributed by atoms with Crippen LogP contribution >= 0.6 is 27.3 Å². The number of methoxy groups -OCH3 is 1. The van der Waals surface area contributed by atoms with Gasteiger partial charge in [0.05, 0.1) is 21.4 Å². The van der Waals surface area contributed by atoms with Gasteiger partial charge in [0.1, 0.15) is 0 Å². The van der Waals surface area contributed by atoms with Crippen LogP contribution in [-0.4, -0.2) is 18.0 Å². The Morgan fingerprint density at radius 3 is 2.93 bits per heavy atom. The molecule has 0 unspecified atom stereocenters. The second-order valence-electron chi connectivity index (χ2n) is 2.42. The topological polar surface area (TPSA) is 69.4 Å². The first-order chi connectivity index (χ1) is 7.04. The van der Waals surface area contributed by atoms with Crippen LogP contribution in [0.3, 0.4) is 0 Å². The number of hydrogen-bond donors (Lipinski definition) is 0. The van der Waals surface area contributed by atoms with Gasteiger partial charge in [0.2, 0.25) is 0 Å². The van der Waals surface area contributed by atoms with E-state index in [1.54, 1.807) is 6.07 Å². The fourth-order valence-corrected chi connectivity index (χ4v) is 2.25. The van der Waals surface area contributed by atoms with Crippen molar-refractivity contribution in [1.29, 1.82) is 0 Å². The number of hydrogen-bond acceptors (Lipinski definition) is 5. The Kier molecular flexibility index (Phi) is 3.98. The van der Waals surface area contributed by atoms with Crippen LogP contribution in [0, 0.1) is 10.1 Å². The highest BCUT2D eigenvalue weighted by atomic mass is 79.9. The third kappa shape index (κ3) is 3.14. The van der Waals surface area contributed by atoms with Crippen molar-refractivity contribution in [2.45, 2.75) is 0 Å². The molecule has 0 amide bonds. The van der Waals surface area contributed by atoms with E-state index in [0.29, 0.717) is 9.35 Å². The lowest BCUT2D eigenvalue weighted by Crippen LogP contribution is -1.93. The van der Waals surface area contributed by atoms with Gasteiger partial charge in [-0.3, -0.25) is 10.1 Å². The highest BCUT2D eigenvalue weighted by Gasteiger charge is 2.16. The largest absolute Gasteiger partial charge is 0.466 e. The first kappa shape index (κ1) is 11.9.